The molecule has 0 unspecified atom stereocenters. The van der Waals surface area contributed by atoms with E-state index in [1.54, 1.807) is 22.9 Å². The van der Waals surface area contributed by atoms with Crippen LogP contribution >= 0.6 is 0 Å². The second-order valence-electron chi connectivity index (χ2n) is 7.92. The van der Waals surface area contributed by atoms with Gasteiger partial charge in [-0.05, 0) is 41.8 Å². The van der Waals surface area contributed by atoms with E-state index in [-0.39, 0.29) is 22.4 Å². The fourth-order valence-electron chi connectivity index (χ4n) is 4.26. The highest BCUT2D eigenvalue weighted by Gasteiger charge is 2.21. The number of carbonyl (C=O) groups is 1. The summed E-state index contributed by atoms with van der Waals surface area (Å²) < 4.78 is 1.61. The molecular weight excluding hydrogens is 416 g/mol. The number of benzene rings is 2. The highest BCUT2D eigenvalue weighted by Crippen LogP contribution is 2.27. The zero-order chi connectivity index (χ0) is 22.9. The van der Waals surface area contributed by atoms with Crippen molar-refractivity contribution in [3.63, 3.8) is 0 Å². The van der Waals surface area contributed by atoms with Gasteiger partial charge in [0.25, 0.3) is 5.56 Å². The topological polar surface area (TPSA) is 98.0 Å². The fourth-order valence-corrected chi connectivity index (χ4v) is 4.26. The molecular formula is C26H20N4O3. The maximum atomic E-state index is 13.7. The van der Waals surface area contributed by atoms with Crippen molar-refractivity contribution in [3.05, 3.63) is 107 Å². The van der Waals surface area contributed by atoms with Gasteiger partial charge in [0, 0.05) is 29.9 Å². The van der Waals surface area contributed by atoms with Crippen molar-refractivity contribution in [1.82, 2.24) is 19.5 Å². The number of hydrogen-bond acceptors (Lipinski definition) is 5. The number of pyridine rings is 2. The summed E-state index contributed by atoms with van der Waals surface area (Å²) in [7, 11) is 0. The number of nitrogens with zero attached hydrogens (tertiary/aromatic N) is 4. The van der Waals surface area contributed by atoms with Gasteiger partial charge >= 0.3 is 5.97 Å². The van der Waals surface area contributed by atoms with Crippen LogP contribution in [0.2, 0.25) is 0 Å². The molecule has 0 aliphatic heterocycles. The first-order valence-electron chi connectivity index (χ1n) is 10.6. The number of rotatable bonds is 5. The van der Waals surface area contributed by atoms with E-state index in [1.807, 2.05) is 55.5 Å². The Balaban J connectivity index is 1.73. The molecule has 3 aromatic heterocycles. The van der Waals surface area contributed by atoms with Crippen molar-refractivity contribution < 1.29 is 9.90 Å². The Bertz CT molecular complexity index is 1560. The summed E-state index contributed by atoms with van der Waals surface area (Å²) in [5, 5.41) is 10.5. The summed E-state index contributed by atoms with van der Waals surface area (Å²) in [4.78, 5) is 38.7. The molecule has 7 nitrogen and oxygen atoms in total. The molecule has 0 aliphatic carbocycles. The van der Waals surface area contributed by atoms with Gasteiger partial charge in [-0.25, -0.2) is 14.8 Å². The first-order valence-corrected chi connectivity index (χ1v) is 10.6. The molecule has 2 aromatic carbocycles. The monoisotopic (exact) mass is 436 g/mol. The van der Waals surface area contributed by atoms with E-state index >= 15 is 0 Å². The minimum absolute atomic E-state index is 0.00706. The van der Waals surface area contributed by atoms with Crippen LogP contribution in [0.1, 0.15) is 34.6 Å². The van der Waals surface area contributed by atoms with E-state index in [1.165, 1.54) is 12.4 Å². The minimum atomic E-state index is -1.13. The van der Waals surface area contributed by atoms with Crippen LogP contribution in [0.5, 0.6) is 0 Å². The highest BCUT2D eigenvalue weighted by molar-refractivity contribution is 6.03. The Labute approximate surface area is 189 Å². The molecule has 3 heterocycles. The number of carboxylic acid groups (broad SMARTS) is 1. The smallest absolute Gasteiger partial charge is 0.336 e. The van der Waals surface area contributed by atoms with Gasteiger partial charge < -0.3 is 5.11 Å². The van der Waals surface area contributed by atoms with E-state index in [9.17, 15) is 14.7 Å². The standard InChI is InChI=1S/C26H20N4O3/c1-16(13-21-24-20(28-15-29-21)11-6-12-27-24)22-14-17-7-5-10-19(26(32)33)23(17)25(31)30(22)18-8-3-2-4-9-18/h2-12,14-16H,13H2,1H3,(H,32,33)/t16-/m1/s1. The second kappa shape index (κ2) is 8.27. The van der Waals surface area contributed by atoms with Crippen LogP contribution in [0.3, 0.4) is 0 Å². The maximum absolute atomic E-state index is 13.7. The Morgan fingerprint density at radius 1 is 1.00 bits per heavy atom. The van der Waals surface area contributed by atoms with Crippen LogP contribution < -0.4 is 5.56 Å². The Morgan fingerprint density at radius 2 is 1.82 bits per heavy atom. The highest BCUT2D eigenvalue weighted by atomic mass is 16.4. The lowest BCUT2D eigenvalue weighted by Crippen LogP contribution is -2.25. The number of hydrogen-bond donors (Lipinski definition) is 1. The predicted molar refractivity (Wildman–Crippen MR) is 126 cm³/mol. The van der Waals surface area contributed by atoms with Crippen molar-refractivity contribution in [1.29, 1.82) is 0 Å². The molecule has 5 aromatic rings. The normalized spacial score (nSPS) is 12.2. The van der Waals surface area contributed by atoms with Gasteiger partial charge in [-0.3, -0.25) is 14.3 Å². The van der Waals surface area contributed by atoms with Crippen LogP contribution in [0.25, 0.3) is 27.5 Å². The molecule has 0 radical (unpaired) electrons. The Kier molecular flexibility index (Phi) is 5.14. The number of carboxylic acids is 1. The molecule has 162 valence electrons. The zero-order valence-electron chi connectivity index (χ0n) is 17.8. The summed E-state index contributed by atoms with van der Waals surface area (Å²) in [6, 6.07) is 19.8. The summed E-state index contributed by atoms with van der Waals surface area (Å²) in [6.45, 7) is 2.03. The summed E-state index contributed by atoms with van der Waals surface area (Å²) in [5.74, 6) is -1.24. The molecule has 0 aliphatic rings. The van der Waals surface area contributed by atoms with E-state index in [4.69, 9.17) is 0 Å². The third kappa shape index (κ3) is 3.63. The van der Waals surface area contributed by atoms with Crippen LogP contribution in [-0.2, 0) is 6.42 Å². The van der Waals surface area contributed by atoms with Crippen LogP contribution in [0.15, 0.2) is 84.0 Å². The lowest BCUT2D eigenvalue weighted by Gasteiger charge is -2.20. The zero-order valence-corrected chi connectivity index (χ0v) is 17.8. The molecule has 0 amide bonds. The molecule has 1 atom stereocenters. The lowest BCUT2D eigenvalue weighted by atomic mass is 9.96. The van der Waals surface area contributed by atoms with Gasteiger partial charge in [-0.15, -0.1) is 0 Å². The van der Waals surface area contributed by atoms with Crippen LogP contribution in [0, 0.1) is 0 Å². The van der Waals surface area contributed by atoms with E-state index in [0.717, 1.165) is 22.4 Å². The molecule has 7 heteroatoms. The molecule has 0 saturated heterocycles. The fraction of sp³-hybridized carbons (Fsp3) is 0.115. The first kappa shape index (κ1) is 20.5. The molecule has 5 rings (SSSR count). The molecule has 0 bridgehead atoms. The summed E-state index contributed by atoms with van der Waals surface area (Å²) in [5.41, 5.74) is 3.37. The SMILES string of the molecule is C[C@H](Cc1ncnc2cccnc12)c1cc2cccc(C(=O)O)c2c(=O)n1-c1ccccc1. The van der Waals surface area contributed by atoms with Crippen molar-refractivity contribution in [3.8, 4) is 5.69 Å². The third-order valence-corrected chi connectivity index (χ3v) is 5.79. The van der Waals surface area contributed by atoms with Gasteiger partial charge in [0.05, 0.1) is 22.2 Å². The third-order valence-electron chi connectivity index (χ3n) is 5.79. The van der Waals surface area contributed by atoms with Crippen molar-refractivity contribution in [2.24, 2.45) is 0 Å². The van der Waals surface area contributed by atoms with Crippen LogP contribution in [-0.4, -0.2) is 30.6 Å². The second-order valence-corrected chi connectivity index (χ2v) is 7.92. The number of aromatic carboxylic acids is 1. The Morgan fingerprint density at radius 3 is 2.61 bits per heavy atom. The first-order chi connectivity index (χ1) is 16.0. The van der Waals surface area contributed by atoms with Gasteiger partial charge in [-0.1, -0.05) is 37.3 Å². The van der Waals surface area contributed by atoms with Crippen LogP contribution in [0.4, 0.5) is 0 Å². The molecule has 0 spiro atoms. The number of aromatic nitrogens is 4. The van der Waals surface area contributed by atoms with Gasteiger partial charge in [0.1, 0.15) is 11.8 Å². The number of fused-ring (bicyclic) bond motifs is 2. The van der Waals surface area contributed by atoms with Crippen molar-refractivity contribution in [2.75, 3.05) is 0 Å². The minimum Gasteiger partial charge on any atom is -0.478 e. The predicted octanol–water partition coefficient (Wildman–Crippen LogP) is 4.37. The maximum Gasteiger partial charge on any atom is 0.336 e. The lowest BCUT2D eigenvalue weighted by molar-refractivity contribution is 0.0699. The average Bonchev–Trinajstić information content (AvgIpc) is 2.84. The molecule has 0 fully saturated rings. The van der Waals surface area contributed by atoms with Crippen molar-refractivity contribution in [2.45, 2.75) is 19.3 Å². The van der Waals surface area contributed by atoms with Gasteiger partial charge in [-0.2, -0.15) is 0 Å². The molecule has 33 heavy (non-hydrogen) atoms. The average molecular weight is 436 g/mol. The van der Waals surface area contributed by atoms with E-state index in [2.05, 4.69) is 15.0 Å². The molecule has 1 N–H and O–H groups in total. The summed E-state index contributed by atoms with van der Waals surface area (Å²) >= 11 is 0. The molecule has 0 saturated carbocycles. The summed E-state index contributed by atoms with van der Waals surface area (Å²) in [6.07, 6.45) is 3.77. The largest absolute Gasteiger partial charge is 0.478 e. The van der Waals surface area contributed by atoms with E-state index < -0.39 is 5.97 Å². The van der Waals surface area contributed by atoms with Crippen molar-refractivity contribution >= 4 is 27.8 Å². The quantitative estimate of drug-likeness (QED) is 0.439. The van der Waals surface area contributed by atoms with Gasteiger partial charge in [0.2, 0.25) is 0 Å². The van der Waals surface area contributed by atoms with E-state index in [0.29, 0.717) is 17.5 Å². The van der Waals surface area contributed by atoms with Gasteiger partial charge in [0.15, 0.2) is 0 Å². The number of para-hydroxylation sites is 1. The Hall–Kier alpha value is -4.39.